The average molecular weight is 425 g/mol. The van der Waals surface area contributed by atoms with Gasteiger partial charge in [0.05, 0.1) is 34.7 Å². The van der Waals surface area contributed by atoms with Gasteiger partial charge in [0.15, 0.2) is 0 Å². The van der Waals surface area contributed by atoms with Crippen LogP contribution in [0.25, 0.3) is 10.9 Å². The molecule has 3 N–H and O–H groups in total. The lowest BCUT2D eigenvalue weighted by molar-refractivity contribution is 0.100. The molecule has 0 saturated heterocycles. The minimum atomic E-state index is -0.636. The minimum absolute atomic E-state index is 0.0723. The molecule has 0 unspecified atom stereocenters. The third-order valence-corrected chi connectivity index (χ3v) is 5.15. The van der Waals surface area contributed by atoms with Crippen LogP contribution in [0.4, 0.5) is 5.69 Å². The number of nitriles is 1. The molecular formula is C23H19N7O2. The van der Waals surface area contributed by atoms with Crippen molar-refractivity contribution in [3.05, 3.63) is 82.6 Å². The summed E-state index contributed by atoms with van der Waals surface area (Å²) < 4.78 is 1.70. The standard InChI is InChI=1S/C23H19N7O2/c1-13-21(14(2)30(29-13)12-15-6-5-9-26-20(15)11-24)28-23(32)19-10-17(22(25)31)16-7-3-4-8-18(16)27-19/h3-10H,12H2,1-2H3,(H2,25,31)(H,28,32). The fraction of sp³-hybridized carbons (Fsp3) is 0.130. The van der Waals surface area contributed by atoms with Gasteiger partial charge in [-0.25, -0.2) is 9.97 Å². The molecule has 0 fully saturated rings. The van der Waals surface area contributed by atoms with Gasteiger partial charge in [-0.15, -0.1) is 0 Å². The van der Waals surface area contributed by atoms with Crippen LogP contribution in [0.2, 0.25) is 0 Å². The van der Waals surface area contributed by atoms with Gasteiger partial charge >= 0.3 is 0 Å². The molecule has 0 saturated carbocycles. The van der Waals surface area contributed by atoms with Gasteiger partial charge in [0.1, 0.15) is 17.5 Å². The van der Waals surface area contributed by atoms with E-state index in [-0.39, 0.29) is 11.3 Å². The summed E-state index contributed by atoms with van der Waals surface area (Å²) in [4.78, 5) is 33.3. The van der Waals surface area contributed by atoms with Gasteiger partial charge in [0.25, 0.3) is 5.91 Å². The van der Waals surface area contributed by atoms with Gasteiger partial charge in [-0.3, -0.25) is 14.3 Å². The maximum atomic E-state index is 13.0. The number of aryl methyl sites for hydroxylation is 1. The number of pyridine rings is 2. The smallest absolute Gasteiger partial charge is 0.274 e. The molecule has 32 heavy (non-hydrogen) atoms. The van der Waals surface area contributed by atoms with Crippen LogP contribution in [0.3, 0.4) is 0 Å². The first-order valence-corrected chi connectivity index (χ1v) is 9.78. The van der Waals surface area contributed by atoms with E-state index in [4.69, 9.17) is 5.73 Å². The van der Waals surface area contributed by atoms with E-state index in [1.807, 2.05) is 13.0 Å². The number of carbonyl (C=O) groups is 2. The van der Waals surface area contributed by atoms with E-state index in [9.17, 15) is 14.9 Å². The van der Waals surface area contributed by atoms with E-state index < -0.39 is 11.8 Å². The average Bonchev–Trinajstić information content (AvgIpc) is 3.05. The van der Waals surface area contributed by atoms with Crippen molar-refractivity contribution < 1.29 is 9.59 Å². The number of aromatic nitrogens is 4. The first-order valence-electron chi connectivity index (χ1n) is 9.78. The van der Waals surface area contributed by atoms with Crippen molar-refractivity contribution in [2.75, 3.05) is 5.32 Å². The third kappa shape index (κ3) is 3.77. The normalized spacial score (nSPS) is 10.7. The summed E-state index contributed by atoms with van der Waals surface area (Å²) in [6.45, 7) is 3.93. The summed E-state index contributed by atoms with van der Waals surface area (Å²) in [5.74, 6) is -1.12. The maximum absolute atomic E-state index is 13.0. The van der Waals surface area contributed by atoms with E-state index in [2.05, 4.69) is 26.5 Å². The molecule has 0 radical (unpaired) electrons. The van der Waals surface area contributed by atoms with Crippen LogP contribution in [0, 0.1) is 25.2 Å². The zero-order valence-electron chi connectivity index (χ0n) is 17.5. The van der Waals surface area contributed by atoms with Crippen LogP contribution in [-0.4, -0.2) is 31.6 Å². The zero-order chi connectivity index (χ0) is 22.8. The highest BCUT2D eigenvalue weighted by Crippen LogP contribution is 2.23. The van der Waals surface area contributed by atoms with E-state index in [0.717, 1.165) is 5.56 Å². The summed E-state index contributed by atoms with van der Waals surface area (Å²) in [5.41, 5.74) is 9.20. The number of benzene rings is 1. The number of hydrogen-bond acceptors (Lipinski definition) is 6. The van der Waals surface area contributed by atoms with Crippen LogP contribution >= 0.6 is 0 Å². The number of amides is 2. The number of para-hydroxylation sites is 1. The molecule has 158 valence electrons. The molecule has 3 aromatic heterocycles. The van der Waals surface area contributed by atoms with Crippen LogP contribution in [0.1, 0.15) is 43.5 Å². The molecular weight excluding hydrogens is 406 g/mol. The van der Waals surface area contributed by atoms with Crippen molar-refractivity contribution in [3.8, 4) is 6.07 Å². The fourth-order valence-corrected chi connectivity index (χ4v) is 3.53. The second kappa shape index (κ2) is 8.28. The molecule has 4 aromatic rings. The van der Waals surface area contributed by atoms with Gasteiger partial charge in [-0.05, 0) is 32.0 Å². The number of rotatable bonds is 5. The second-order valence-corrected chi connectivity index (χ2v) is 7.22. The Hall–Kier alpha value is -4.58. The fourth-order valence-electron chi connectivity index (χ4n) is 3.53. The summed E-state index contributed by atoms with van der Waals surface area (Å²) in [7, 11) is 0. The van der Waals surface area contributed by atoms with Gasteiger partial charge in [-0.2, -0.15) is 10.4 Å². The van der Waals surface area contributed by atoms with E-state index in [1.54, 1.807) is 48.1 Å². The number of nitrogens with two attached hydrogens (primary N) is 1. The minimum Gasteiger partial charge on any atom is -0.366 e. The number of nitrogens with one attached hydrogen (secondary N) is 1. The Morgan fingerprint density at radius 3 is 2.72 bits per heavy atom. The highest BCUT2D eigenvalue weighted by Gasteiger charge is 2.19. The maximum Gasteiger partial charge on any atom is 0.274 e. The number of hydrogen-bond donors (Lipinski definition) is 2. The van der Waals surface area contributed by atoms with Crippen LogP contribution < -0.4 is 11.1 Å². The molecule has 9 nitrogen and oxygen atoms in total. The first kappa shape index (κ1) is 20.7. The number of fused-ring (bicyclic) bond motifs is 1. The Bertz CT molecular complexity index is 1420. The molecule has 9 heteroatoms. The van der Waals surface area contributed by atoms with Crippen molar-refractivity contribution in [1.29, 1.82) is 5.26 Å². The zero-order valence-corrected chi connectivity index (χ0v) is 17.5. The van der Waals surface area contributed by atoms with Gasteiger partial charge in [-0.1, -0.05) is 24.3 Å². The van der Waals surface area contributed by atoms with Gasteiger partial charge < -0.3 is 11.1 Å². The van der Waals surface area contributed by atoms with Crippen LogP contribution in [-0.2, 0) is 6.54 Å². The van der Waals surface area contributed by atoms with Crippen LogP contribution in [0.5, 0.6) is 0 Å². The highest BCUT2D eigenvalue weighted by molar-refractivity contribution is 6.10. The van der Waals surface area contributed by atoms with E-state index in [0.29, 0.717) is 40.2 Å². The Morgan fingerprint density at radius 2 is 1.97 bits per heavy atom. The second-order valence-electron chi connectivity index (χ2n) is 7.22. The molecule has 0 aliphatic heterocycles. The molecule has 2 amide bonds. The number of nitrogens with zero attached hydrogens (tertiary/aromatic N) is 5. The Labute approximate surface area is 183 Å². The van der Waals surface area contributed by atoms with Crippen LogP contribution in [0.15, 0.2) is 48.7 Å². The Morgan fingerprint density at radius 1 is 1.19 bits per heavy atom. The van der Waals surface area contributed by atoms with Crippen molar-refractivity contribution >= 4 is 28.4 Å². The molecule has 3 heterocycles. The summed E-state index contributed by atoms with van der Waals surface area (Å²) in [6.07, 6.45) is 1.56. The largest absolute Gasteiger partial charge is 0.366 e. The van der Waals surface area contributed by atoms with Crippen molar-refractivity contribution in [2.45, 2.75) is 20.4 Å². The molecule has 0 atom stereocenters. The topological polar surface area (TPSA) is 140 Å². The predicted molar refractivity (Wildman–Crippen MR) is 118 cm³/mol. The SMILES string of the molecule is Cc1nn(Cc2cccnc2C#N)c(C)c1NC(=O)c1cc(C(N)=O)c2ccccc2n1. The highest BCUT2D eigenvalue weighted by atomic mass is 16.2. The Kier molecular flexibility index (Phi) is 5.35. The van der Waals surface area contributed by atoms with Gasteiger partial charge in [0.2, 0.25) is 5.91 Å². The van der Waals surface area contributed by atoms with Crippen molar-refractivity contribution in [2.24, 2.45) is 5.73 Å². The third-order valence-electron chi connectivity index (χ3n) is 5.15. The molecule has 4 rings (SSSR count). The van der Waals surface area contributed by atoms with Crippen molar-refractivity contribution in [3.63, 3.8) is 0 Å². The molecule has 0 bridgehead atoms. The lowest BCUT2D eigenvalue weighted by Crippen LogP contribution is -2.18. The quantitative estimate of drug-likeness (QED) is 0.504. The van der Waals surface area contributed by atoms with E-state index >= 15 is 0 Å². The first-order chi connectivity index (χ1) is 15.4. The molecule has 0 spiro atoms. The summed E-state index contributed by atoms with van der Waals surface area (Å²) >= 11 is 0. The van der Waals surface area contributed by atoms with Crippen molar-refractivity contribution in [1.82, 2.24) is 19.7 Å². The lowest BCUT2D eigenvalue weighted by Gasteiger charge is -2.09. The monoisotopic (exact) mass is 425 g/mol. The van der Waals surface area contributed by atoms with Gasteiger partial charge in [0, 0.05) is 17.1 Å². The molecule has 0 aliphatic carbocycles. The van der Waals surface area contributed by atoms with E-state index in [1.165, 1.54) is 6.07 Å². The molecule has 0 aliphatic rings. The number of carbonyl (C=O) groups excluding carboxylic acids is 2. The lowest BCUT2D eigenvalue weighted by atomic mass is 10.1. The number of anilines is 1. The summed E-state index contributed by atoms with van der Waals surface area (Å²) in [5, 5.41) is 17.2. The number of primary amides is 1. The molecule has 1 aromatic carbocycles. The Balaban J connectivity index is 1.66. The summed E-state index contributed by atoms with van der Waals surface area (Å²) in [6, 6.07) is 14.0. The predicted octanol–water partition coefficient (Wildman–Crippen LogP) is 2.71.